The van der Waals surface area contributed by atoms with Gasteiger partial charge >= 0.3 is 0 Å². The van der Waals surface area contributed by atoms with E-state index in [4.69, 9.17) is 37.9 Å². The van der Waals surface area contributed by atoms with Gasteiger partial charge in [-0.1, -0.05) is 201 Å². The second-order valence-corrected chi connectivity index (χ2v) is 45.2. The van der Waals surface area contributed by atoms with Gasteiger partial charge in [0.2, 0.25) is 0 Å². The highest BCUT2D eigenvalue weighted by Crippen LogP contribution is 2.64. The molecule has 0 radical (unpaired) electrons. The van der Waals surface area contributed by atoms with Crippen molar-refractivity contribution in [2.75, 3.05) is 0 Å². The third kappa shape index (κ3) is 19.9. The third-order valence-electron chi connectivity index (χ3n) is 36.2. The van der Waals surface area contributed by atoms with Gasteiger partial charge < -0.3 is 37.9 Å². The van der Waals surface area contributed by atoms with Crippen LogP contribution in [0.3, 0.4) is 0 Å². The summed E-state index contributed by atoms with van der Waals surface area (Å²) < 4.78 is 49.1. The zero-order valence-electron chi connectivity index (χ0n) is 81.0. The van der Waals surface area contributed by atoms with E-state index in [0.717, 1.165) is 150 Å². The van der Waals surface area contributed by atoms with Crippen molar-refractivity contribution >= 4 is 32.3 Å². The van der Waals surface area contributed by atoms with E-state index in [2.05, 4.69) is 258 Å². The molecule has 10 bridgehead atoms. The molecule has 6 aromatic carbocycles. The Morgan fingerprint density at radius 3 is 0.920 bits per heavy atom. The number of hydrogen-bond donors (Lipinski definition) is 0. The predicted molar refractivity (Wildman–Crippen MR) is 517 cm³/mol. The first-order valence-corrected chi connectivity index (χ1v) is 52.6. The molecule has 125 heavy (non-hydrogen) atoms. The van der Waals surface area contributed by atoms with Gasteiger partial charge in [0.25, 0.3) is 0 Å². The molecule has 684 valence electrons. The van der Waals surface area contributed by atoms with Gasteiger partial charge in [-0.05, 0) is 407 Å². The van der Waals surface area contributed by atoms with Crippen molar-refractivity contribution in [3.8, 4) is 0 Å². The summed E-state index contributed by atoms with van der Waals surface area (Å²) in [5, 5.41) is 8.27. The van der Waals surface area contributed by atoms with E-state index < -0.39 is 0 Å². The second-order valence-electron chi connectivity index (χ2n) is 45.2. The molecule has 13 fully saturated rings. The molecule has 8 heteroatoms. The third-order valence-corrected chi connectivity index (χ3v) is 36.2. The predicted octanol–water partition coefficient (Wildman–Crippen LogP) is 29.8. The smallest absolute Gasteiger partial charge is 0.0875 e. The standard InChI is InChI=1S/C17H20O.C16H18O.C15H26O.C15H16O.C14H24O.C14H22O.C13H22O.C13H20O/c1-11(2)12(3)18-16-10-14-8-4-6-13-7-5-9-15(16)17(13)14;1-3-11(2)17-15-10-13-8-4-6-12-7-5-9-14(15)16(12)13;1-9(2)10(3)16-15-8-11-7-14(15)13-6-4-5-12(11)13;1-10(2)16-14-9-12-7-3-5-11-6-4-8-13(14)15(11)12;2*1-3-9(2)15-14-8-10-7-13(14)12-6-4-5-11(10)12;2*1-8(2)14-13-7-9-6-12(13)11-5-3-4-10(9)11/h4-9,11-12,16H,10H2,1-3H3;4-9,11,15H,3,10H2,1-2H3;9-15H,4-8H2,1-3H3;3-8,10,14H,9H2,1-2H3;9-14H,3-8H2,1-2H3;4,6,9-14H,3,5,7-8H2,1-2H3;8-13H,3-7H2,1-2H3;3,5,8-13H,4,6-7H2,1-2H3/t12-,16?;11-,15?;10-,11?,12?,13?,14?,15?;;2*9-,10?,11?,12?,13?,14?;;/m111.11../s1. The van der Waals surface area contributed by atoms with Crippen molar-refractivity contribution < 1.29 is 37.9 Å². The molecular weight excluding hydrogens is 1530 g/mol. The highest BCUT2D eigenvalue weighted by molar-refractivity contribution is 5.93. The highest BCUT2D eigenvalue weighted by atomic mass is 16.5. The quantitative estimate of drug-likeness (QED) is 0.0660. The topological polar surface area (TPSA) is 73.8 Å². The van der Waals surface area contributed by atoms with Crippen molar-refractivity contribution in [3.05, 3.63) is 167 Å². The molecule has 18 aliphatic rings. The number of ether oxygens (including phenoxy) is 8. The molecule has 8 nitrogen and oxygen atoms in total. The summed E-state index contributed by atoms with van der Waals surface area (Å²) >= 11 is 0. The fourth-order valence-electron chi connectivity index (χ4n) is 29.8. The maximum Gasteiger partial charge on any atom is 0.0875 e. The minimum absolute atomic E-state index is 0.239. The number of allylic oxidation sites excluding steroid dienone is 4. The molecule has 0 aromatic heterocycles. The molecule has 0 aliphatic heterocycles. The van der Waals surface area contributed by atoms with Crippen LogP contribution in [-0.4, -0.2) is 79.4 Å². The fourth-order valence-corrected chi connectivity index (χ4v) is 29.8. The summed E-state index contributed by atoms with van der Waals surface area (Å²) in [5.41, 5.74) is 8.41. The first-order chi connectivity index (χ1) is 60.5. The van der Waals surface area contributed by atoms with Gasteiger partial charge in [0.1, 0.15) is 0 Å². The molecule has 18 aliphatic carbocycles. The second kappa shape index (κ2) is 40.8. The Labute approximate surface area is 758 Å². The van der Waals surface area contributed by atoms with Crippen molar-refractivity contribution in [1.29, 1.82) is 0 Å². The summed E-state index contributed by atoms with van der Waals surface area (Å²) in [4.78, 5) is 0. The molecule has 0 N–H and O–H groups in total. The van der Waals surface area contributed by atoms with E-state index in [1.54, 1.807) is 0 Å². The zero-order valence-corrected chi connectivity index (χ0v) is 81.0. The molecular formula is C117H168O8. The molecule has 24 rings (SSSR count). The number of benzene rings is 6. The molecule has 6 aromatic rings. The SMILES string of the molecule is CC(C)OC1CC2CC1C1C=CCC21.CC(C)OC1CC2CC1C1CCCC21.CC(C)OC1Cc2cccc3cccc1c23.CC(C)[C@@H](C)OC1CC2CC1C1CCCC21.CC(C)[C@@H](C)OC1Cc2cccc3cccc1c23.CC[C@@H](C)OC1CC2CC1C1C=CCC21.CC[C@@H](C)OC1CC2CC1C1CCCC21.CC[C@@H](C)OC1Cc2cccc3cccc1c23. The highest BCUT2D eigenvalue weighted by Gasteiger charge is 2.59. The first-order valence-electron chi connectivity index (χ1n) is 52.6. The van der Waals surface area contributed by atoms with Gasteiger partial charge in [-0.15, -0.1) is 0 Å². The Morgan fingerprint density at radius 1 is 0.272 bits per heavy atom. The van der Waals surface area contributed by atoms with Gasteiger partial charge in [-0.3, -0.25) is 0 Å². The van der Waals surface area contributed by atoms with Crippen LogP contribution in [0.1, 0.15) is 330 Å². The van der Waals surface area contributed by atoms with Crippen molar-refractivity contribution in [2.45, 2.75) is 396 Å². The van der Waals surface area contributed by atoms with Crippen molar-refractivity contribution in [1.82, 2.24) is 0 Å². The largest absolute Gasteiger partial charge is 0.375 e. The summed E-state index contributed by atoms with van der Waals surface area (Å²) in [6, 6.07) is 39.3. The Kier molecular flexibility index (Phi) is 30.0. The van der Waals surface area contributed by atoms with Gasteiger partial charge in [-0.2, -0.15) is 0 Å². The van der Waals surface area contributed by atoms with Crippen LogP contribution in [0.5, 0.6) is 0 Å². The van der Waals surface area contributed by atoms with Gasteiger partial charge in [0.05, 0.1) is 97.7 Å². The molecule has 13 saturated carbocycles. The normalized spacial score (nSPS) is 36.9. The lowest BCUT2D eigenvalue weighted by Gasteiger charge is -2.34. The van der Waals surface area contributed by atoms with E-state index in [0.29, 0.717) is 85.1 Å². The average Bonchev–Trinajstić information content (AvgIpc) is 1.67. The van der Waals surface area contributed by atoms with Crippen LogP contribution >= 0.6 is 0 Å². The monoisotopic (exact) mass is 1700 g/mol. The lowest BCUT2D eigenvalue weighted by molar-refractivity contribution is -0.0669. The Morgan fingerprint density at radius 2 is 0.560 bits per heavy atom. The summed E-state index contributed by atoms with van der Waals surface area (Å²) in [5.74, 6) is 21.0. The van der Waals surface area contributed by atoms with E-state index in [-0.39, 0.29) is 24.4 Å². The van der Waals surface area contributed by atoms with Crippen LogP contribution in [0, 0.1) is 130 Å². The lowest BCUT2D eigenvalue weighted by atomic mass is 9.80. The minimum Gasteiger partial charge on any atom is -0.375 e. The Hall–Kier alpha value is -4.74. The molecule has 33 atom stereocenters. The maximum atomic E-state index is 6.31. The lowest BCUT2D eigenvalue weighted by Crippen LogP contribution is -2.34. The zero-order chi connectivity index (χ0) is 87.2. The van der Waals surface area contributed by atoms with Crippen molar-refractivity contribution in [2.24, 2.45) is 130 Å². The molecule has 0 heterocycles. The van der Waals surface area contributed by atoms with Crippen LogP contribution in [0.2, 0.25) is 0 Å². The van der Waals surface area contributed by atoms with E-state index in [1.165, 1.54) is 207 Å². The van der Waals surface area contributed by atoms with Crippen LogP contribution < -0.4 is 0 Å². The maximum absolute atomic E-state index is 6.31. The van der Waals surface area contributed by atoms with E-state index in [1.807, 2.05) is 0 Å². The summed E-state index contributed by atoms with van der Waals surface area (Å²) in [6.07, 6.45) is 53.6. The van der Waals surface area contributed by atoms with Crippen LogP contribution in [-0.2, 0) is 57.2 Å². The molecule has 0 spiro atoms. The molecule has 0 amide bonds. The van der Waals surface area contributed by atoms with Crippen LogP contribution in [0.25, 0.3) is 32.3 Å². The number of fused-ring (bicyclic) bond motifs is 25. The van der Waals surface area contributed by atoms with Gasteiger partial charge in [0.15, 0.2) is 0 Å². The Balaban J connectivity index is 0.000000101. The molecule has 0 saturated heterocycles. The van der Waals surface area contributed by atoms with E-state index >= 15 is 0 Å². The Bertz CT molecular complexity index is 4530. The minimum atomic E-state index is 0.239. The summed E-state index contributed by atoms with van der Waals surface area (Å²) in [7, 11) is 0. The van der Waals surface area contributed by atoms with Crippen molar-refractivity contribution in [3.63, 3.8) is 0 Å². The summed E-state index contributed by atoms with van der Waals surface area (Å²) in [6.45, 7) is 39.5. The number of hydrogen-bond acceptors (Lipinski definition) is 8. The first kappa shape index (κ1) is 92.1. The molecule has 28 unspecified atom stereocenters. The van der Waals surface area contributed by atoms with Gasteiger partial charge in [-0.25, -0.2) is 0 Å². The van der Waals surface area contributed by atoms with Gasteiger partial charge in [0, 0.05) is 19.3 Å². The van der Waals surface area contributed by atoms with Crippen LogP contribution in [0.15, 0.2) is 133 Å². The van der Waals surface area contributed by atoms with Crippen LogP contribution in [0.4, 0.5) is 0 Å². The number of rotatable bonds is 21. The van der Waals surface area contributed by atoms with E-state index in [9.17, 15) is 0 Å². The average molecular weight is 1700 g/mol. The fraction of sp³-hybridized carbons (Fsp3) is 0.709.